The van der Waals surface area contributed by atoms with Crippen molar-refractivity contribution in [2.24, 2.45) is 5.90 Å². The molecule has 0 aliphatic heterocycles. The zero-order chi connectivity index (χ0) is 9.84. The zero-order valence-electron chi connectivity index (χ0n) is 7.63. The number of rotatable bonds is 3. The van der Waals surface area contributed by atoms with E-state index in [2.05, 4.69) is 4.84 Å². The first-order valence-electron chi connectivity index (χ1n) is 3.83. The molecule has 0 aliphatic carbocycles. The Labute approximate surface area is 76.2 Å². The molecule has 3 nitrogen and oxygen atoms in total. The predicted octanol–water partition coefficient (Wildman–Crippen LogP) is 1.53. The van der Waals surface area contributed by atoms with Crippen LogP contribution >= 0.6 is 0 Å². The summed E-state index contributed by atoms with van der Waals surface area (Å²) in [6, 6.07) is 2.98. The summed E-state index contributed by atoms with van der Waals surface area (Å²) in [5, 5.41) is 0. The predicted molar refractivity (Wildman–Crippen MR) is 46.7 cm³/mol. The van der Waals surface area contributed by atoms with Crippen LogP contribution in [0, 0.1) is 12.7 Å². The summed E-state index contributed by atoms with van der Waals surface area (Å²) < 4.78 is 18.0. The fourth-order valence-corrected chi connectivity index (χ4v) is 1.12. The summed E-state index contributed by atoms with van der Waals surface area (Å²) in [6.45, 7) is 1.89. The quantitative estimate of drug-likeness (QED) is 0.726. The van der Waals surface area contributed by atoms with E-state index in [1.165, 1.54) is 13.2 Å². The highest BCUT2D eigenvalue weighted by Crippen LogP contribution is 2.22. The number of benzene rings is 1. The Balaban J connectivity index is 3.09. The number of aryl methyl sites for hydroxylation is 1. The molecule has 0 unspecified atom stereocenters. The van der Waals surface area contributed by atoms with Crippen molar-refractivity contribution < 1.29 is 14.0 Å². The lowest BCUT2D eigenvalue weighted by Crippen LogP contribution is -2.02. The summed E-state index contributed by atoms with van der Waals surface area (Å²) in [5.41, 5.74) is 1.29. The smallest absolute Gasteiger partial charge is 0.129 e. The molecule has 0 aliphatic rings. The van der Waals surface area contributed by atoms with E-state index >= 15 is 0 Å². The molecule has 1 aromatic rings. The van der Waals surface area contributed by atoms with Crippen LogP contribution in [0.4, 0.5) is 4.39 Å². The average molecular weight is 185 g/mol. The van der Waals surface area contributed by atoms with Gasteiger partial charge in [0.15, 0.2) is 0 Å². The first-order valence-corrected chi connectivity index (χ1v) is 3.83. The number of hydrogen-bond donors (Lipinski definition) is 1. The van der Waals surface area contributed by atoms with Gasteiger partial charge in [-0.15, -0.1) is 0 Å². The Kier molecular flexibility index (Phi) is 3.22. The minimum absolute atomic E-state index is 0.213. The largest absolute Gasteiger partial charge is 0.496 e. The molecule has 0 radical (unpaired) electrons. The molecule has 1 rings (SSSR count). The maximum Gasteiger partial charge on any atom is 0.129 e. The Morgan fingerprint density at radius 1 is 1.46 bits per heavy atom. The van der Waals surface area contributed by atoms with Gasteiger partial charge in [0.2, 0.25) is 0 Å². The summed E-state index contributed by atoms with van der Waals surface area (Å²) in [5.74, 6) is 5.08. The van der Waals surface area contributed by atoms with Gasteiger partial charge in [-0.05, 0) is 18.6 Å². The zero-order valence-corrected chi connectivity index (χ0v) is 7.63. The normalized spacial score (nSPS) is 10.2. The standard InChI is InChI=1S/C9H12FNO2/c1-6-3-7(5-13-11)9(12-2)4-8(6)10/h3-4H,5,11H2,1-2H3. The van der Waals surface area contributed by atoms with Crippen molar-refractivity contribution in [3.8, 4) is 5.75 Å². The summed E-state index contributed by atoms with van der Waals surface area (Å²) in [4.78, 5) is 4.46. The second kappa shape index (κ2) is 4.20. The molecule has 4 heteroatoms. The van der Waals surface area contributed by atoms with Crippen LogP contribution in [0.2, 0.25) is 0 Å². The molecule has 0 fully saturated rings. The van der Waals surface area contributed by atoms with Crippen molar-refractivity contribution in [2.45, 2.75) is 13.5 Å². The van der Waals surface area contributed by atoms with Crippen molar-refractivity contribution >= 4 is 0 Å². The van der Waals surface area contributed by atoms with E-state index in [0.717, 1.165) is 5.56 Å². The van der Waals surface area contributed by atoms with Gasteiger partial charge in [-0.2, -0.15) is 0 Å². The number of nitrogens with two attached hydrogens (primary N) is 1. The van der Waals surface area contributed by atoms with Crippen molar-refractivity contribution in [3.05, 3.63) is 29.1 Å². The molecule has 0 saturated heterocycles. The highest BCUT2D eigenvalue weighted by atomic mass is 19.1. The van der Waals surface area contributed by atoms with Gasteiger partial charge in [-0.25, -0.2) is 10.3 Å². The Morgan fingerprint density at radius 3 is 2.69 bits per heavy atom. The number of halogens is 1. The van der Waals surface area contributed by atoms with E-state index in [9.17, 15) is 4.39 Å². The van der Waals surface area contributed by atoms with Gasteiger partial charge < -0.3 is 4.74 Å². The second-order valence-corrected chi connectivity index (χ2v) is 2.72. The number of hydrogen-bond acceptors (Lipinski definition) is 3. The van der Waals surface area contributed by atoms with Gasteiger partial charge in [0.05, 0.1) is 13.7 Å². The fourth-order valence-electron chi connectivity index (χ4n) is 1.12. The van der Waals surface area contributed by atoms with E-state index in [0.29, 0.717) is 11.3 Å². The van der Waals surface area contributed by atoms with Crippen molar-refractivity contribution in [2.75, 3.05) is 7.11 Å². The van der Waals surface area contributed by atoms with E-state index in [1.54, 1.807) is 13.0 Å². The molecule has 0 atom stereocenters. The lowest BCUT2D eigenvalue weighted by Gasteiger charge is -2.08. The third-order valence-electron chi connectivity index (χ3n) is 1.80. The SMILES string of the molecule is COc1cc(F)c(C)cc1CON. The second-order valence-electron chi connectivity index (χ2n) is 2.72. The minimum atomic E-state index is -0.294. The first kappa shape index (κ1) is 9.95. The van der Waals surface area contributed by atoms with Crippen LogP contribution in [-0.2, 0) is 11.4 Å². The van der Waals surface area contributed by atoms with Crippen molar-refractivity contribution in [3.63, 3.8) is 0 Å². The van der Waals surface area contributed by atoms with Gasteiger partial charge in [0, 0.05) is 11.6 Å². The van der Waals surface area contributed by atoms with Gasteiger partial charge in [0.25, 0.3) is 0 Å². The van der Waals surface area contributed by atoms with Gasteiger partial charge in [-0.1, -0.05) is 0 Å². The van der Waals surface area contributed by atoms with Crippen LogP contribution in [0.3, 0.4) is 0 Å². The molecule has 0 bridgehead atoms. The summed E-state index contributed by atoms with van der Waals surface area (Å²) in [7, 11) is 1.48. The third kappa shape index (κ3) is 2.17. The number of ether oxygens (including phenoxy) is 1. The number of methoxy groups -OCH3 is 1. The Bertz CT molecular complexity index is 302. The summed E-state index contributed by atoms with van der Waals surface area (Å²) >= 11 is 0. The highest BCUT2D eigenvalue weighted by Gasteiger charge is 2.07. The fraction of sp³-hybridized carbons (Fsp3) is 0.333. The molecular formula is C9H12FNO2. The molecule has 2 N–H and O–H groups in total. The average Bonchev–Trinajstić information content (AvgIpc) is 2.11. The van der Waals surface area contributed by atoms with E-state index in [-0.39, 0.29) is 12.4 Å². The van der Waals surface area contributed by atoms with E-state index in [4.69, 9.17) is 10.6 Å². The van der Waals surface area contributed by atoms with Crippen LogP contribution in [0.1, 0.15) is 11.1 Å². The molecule has 72 valence electrons. The Morgan fingerprint density at radius 2 is 2.15 bits per heavy atom. The lowest BCUT2D eigenvalue weighted by molar-refractivity contribution is 0.122. The van der Waals surface area contributed by atoms with Crippen LogP contribution in [0.5, 0.6) is 5.75 Å². The molecule has 0 heterocycles. The summed E-state index contributed by atoms with van der Waals surface area (Å²) in [6.07, 6.45) is 0. The van der Waals surface area contributed by atoms with E-state index < -0.39 is 0 Å². The lowest BCUT2D eigenvalue weighted by atomic mass is 10.1. The van der Waals surface area contributed by atoms with Crippen molar-refractivity contribution in [1.29, 1.82) is 0 Å². The molecule has 1 aromatic carbocycles. The maximum atomic E-state index is 13.0. The molecule has 0 spiro atoms. The van der Waals surface area contributed by atoms with Crippen molar-refractivity contribution in [1.82, 2.24) is 0 Å². The maximum absolute atomic E-state index is 13.0. The Hall–Kier alpha value is -1.13. The first-order chi connectivity index (χ1) is 6.19. The molecule has 0 aromatic heterocycles. The van der Waals surface area contributed by atoms with Crippen LogP contribution < -0.4 is 10.6 Å². The molecule has 0 saturated carbocycles. The highest BCUT2D eigenvalue weighted by molar-refractivity contribution is 5.37. The third-order valence-corrected chi connectivity index (χ3v) is 1.80. The minimum Gasteiger partial charge on any atom is -0.496 e. The van der Waals surface area contributed by atoms with Crippen LogP contribution in [0.25, 0.3) is 0 Å². The van der Waals surface area contributed by atoms with Crippen LogP contribution in [0.15, 0.2) is 12.1 Å². The van der Waals surface area contributed by atoms with Gasteiger partial charge in [0.1, 0.15) is 11.6 Å². The van der Waals surface area contributed by atoms with Crippen LogP contribution in [-0.4, -0.2) is 7.11 Å². The van der Waals surface area contributed by atoms with E-state index in [1.807, 2.05) is 0 Å². The molecule has 13 heavy (non-hydrogen) atoms. The topological polar surface area (TPSA) is 44.5 Å². The molecule has 0 amide bonds. The van der Waals surface area contributed by atoms with Gasteiger partial charge >= 0.3 is 0 Å². The molecular weight excluding hydrogens is 173 g/mol. The van der Waals surface area contributed by atoms with Gasteiger partial charge in [-0.3, -0.25) is 4.84 Å². The monoisotopic (exact) mass is 185 g/mol.